The number of carboxylic acid groups (broad SMARTS) is 2. The van der Waals surface area contributed by atoms with Crippen LogP contribution in [0.15, 0.2) is 18.2 Å². The lowest BCUT2D eigenvalue weighted by atomic mass is 9.73. The minimum Gasteiger partial charge on any atom is -0.483 e. The van der Waals surface area contributed by atoms with Gasteiger partial charge in [-0.3, -0.25) is 14.5 Å². The average molecular weight is 459 g/mol. The number of benzene rings is 1. The zero-order valence-corrected chi connectivity index (χ0v) is 19.2. The minimum absolute atomic E-state index is 0.250. The second-order valence-electron chi connectivity index (χ2n) is 8.74. The van der Waals surface area contributed by atoms with Gasteiger partial charge in [-0.1, -0.05) is 6.07 Å². The highest BCUT2D eigenvalue weighted by atomic mass is 19.2. The van der Waals surface area contributed by atoms with Gasteiger partial charge >= 0.3 is 0 Å². The monoisotopic (exact) mass is 458 g/mol. The summed E-state index contributed by atoms with van der Waals surface area (Å²) >= 11 is 0. The van der Waals surface area contributed by atoms with Crippen molar-refractivity contribution < 1.29 is 33.3 Å². The van der Waals surface area contributed by atoms with Crippen molar-refractivity contribution in [3.05, 3.63) is 35.4 Å². The smallest absolute Gasteiger partial charge is 0.290 e. The standard InChI is InChI=1S/C21H32F2N2O.2CH2O2/c1-16(2)24(3)14-18-6-7-21(15-26-18)8-10-25(11-9-21)13-17-4-5-19(22)20(23)12-17;2*2-1-3/h4-5,12,16,18H,6-11,13-15H2,1-3H3;2*1H,(H,2,3). The molecule has 2 N–H and O–H groups in total. The predicted molar refractivity (Wildman–Crippen MR) is 117 cm³/mol. The lowest BCUT2D eigenvalue weighted by Gasteiger charge is -2.46. The fourth-order valence-electron chi connectivity index (χ4n) is 4.07. The Morgan fingerprint density at radius 3 is 2.22 bits per heavy atom. The molecule has 2 fully saturated rings. The molecule has 0 bridgehead atoms. The van der Waals surface area contributed by atoms with Gasteiger partial charge in [0.15, 0.2) is 11.6 Å². The summed E-state index contributed by atoms with van der Waals surface area (Å²) in [5.74, 6) is -1.53. The molecule has 3 rings (SSSR count). The molecule has 1 spiro atoms. The highest BCUT2D eigenvalue weighted by molar-refractivity contribution is 5.33. The first-order valence-electron chi connectivity index (χ1n) is 10.8. The average Bonchev–Trinajstić information content (AvgIpc) is 2.75. The van der Waals surface area contributed by atoms with Gasteiger partial charge in [0.2, 0.25) is 0 Å². The van der Waals surface area contributed by atoms with Crippen LogP contribution in [0.2, 0.25) is 0 Å². The lowest BCUT2D eigenvalue weighted by molar-refractivity contribution is -0.123. The summed E-state index contributed by atoms with van der Waals surface area (Å²) in [4.78, 5) is 21.4. The molecule has 0 radical (unpaired) electrons. The molecule has 32 heavy (non-hydrogen) atoms. The molecule has 1 aromatic rings. The molecule has 0 saturated carbocycles. The highest BCUT2D eigenvalue weighted by Gasteiger charge is 2.39. The van der Waals surface area contributed by atoms with E-state index < -0.39 is 11.6 Å². The SMILES string of the molecule is CC(C)N(C)CC1CCC2(CCN(Cc3ccc(F)c(F)c3)CC2)CO1.O=CO.O=CO. The van der Waals surface area contributed by atoms with Crippen LogP contribution in [0.4, 0.5) is 8.78 Å². The number of hydrogen-bond acceptors (Lipinski definition) is 5. The van der Waals surface area contributed by atoms with Crippen LogP contribution >= 0.6 is 0 Å². The maximum Gasteiger partial charge on any atom is 0.290 e. The molecule has 2 aliphatic heterocycles. The van der Waals surface area contributed by atoms with Crippen molar-refractivity contribution in [3.8, 4) is 0 Å². The Morgan fingerprint density at radius 1 is 1.16 bits per heavy atom. The van der Waals surface area contributed by atoms with Gasteiger partial charge in [-0.2, -0.15) is 0 Å². The fourth-order valence-corrected chi connectivity index (χ4v) is 4.07. The van der Waals surface area contributed by atoms with Gasteiger partial charge in [0.25, 0.3) is 12.9 Å². The summed E-state index contributed by atoms with van der Waals surface area (Å²) in [6.07, 6.45) is 4.99. The molecule has 2 heterocycles. The van der Waals surface area contributed by atoms with Crippen molar-refractivity contribution in [3.63, 3.8) is 0 Å². The molecular weight excluding hydrogens is 422 g/mol. The Morgan fingerprint density at radius 2 is 1.75 bits per heavy atom. The van der Waals surface area contributed by atoms with Gasteiger partial charge in [-0.05, 0) is 82.8 Å². The summed E-state index contributed by atoms with van der Waals surface area (Å²) in [5.41, 5.74) is 1.16. The van der Waals surface area contributed by atoms with Crippen LogP contribution in [0.3, 0.4) is 0 Å². The quantitative estimate of drug-likeness (QED) is 0.653. The second-order valence-corrected chi connectivity index (χ2v) is 8.74. The van der Waals surface area contributed by atoms with E-state index in [0.717, 1.165) is 51.1 Å². The van der Waals surface area contributed by atoms with E-state index in [1.165, 1.54) is 18.6 Å². The maximum atomic E-state index is 13.4. The predicted octanol–water partition coefficient (Wildman–Crippen LogP) is 3.47. The molecule has 1 atom stereocenters. The van der Waals surface area contributed by atoms with E-state index in [4.69, 9.17) is 24.5 Å². The number of likely N-dealkylation sites (tertiary alicyclic amines) is 1. The van der Waals surface area contributed by atoms with Crippen molar-refractivity contribution in [1.82, 2.24) is 9.80 Å². The largest absolute Gasteiger partial charge is 0.483 e. The highest BCUT2D eigenvalue weighted by Crippen LogP contribution is 2.40. The second kappa shape index (κ2) is 14.1. The fraction of sp³-hybridized carbons (Fsp3) is 0.652. The minimum atomic E-state index is -0.775. The molecule has 9 heteroatoms. The summed E-state index contributed by atoms with van der Waals surface area (Å²) in [6.45, 7) is 8.49. The third-order valence-corrected chi connectivity index (χ3v) is 6.30. The van der Waals surface area contributed by atoms with Crippen LogP contribution < -0.4 is 0 Å². The molecule has 7 nitrogen and oxygen atoms in total. The van der Waals surface area contributed by atoms with E-state index in [9.17, 15) is 8.78 Å². The zero-order chi connectivity index (χ0) is 24.1. The van der Waals surface area contributed by atoms with Crippen molar-refractivity contribution >= 4 is 12.9 Å². The Labute approximate surface area is 189 Å². The van der Waals surface area contributed by atoms with Gasteiger partial charge in [0.1, 0.15) is 0 Å². The van der Waals surface area contributed by atoms with Gasteiger partial charge in [-0.25, -0.2) is 8.78 Å². The van der Waals surface area contributed by atoms with Gasteiger partial charge in [-0.15, -0.1) is 0 Å². The molecule has 0 amide bonds. The van der Waals surface area contributed by atoms with Crippen molar-refractivity contribution in [2.75, 3.05) is 33.3 Å². The Balaban J connectivity index is 0.000000769. The summed E-state index contributed by atoms with van der Waals surface area (Å²) in [6, 6.07) is 4.77. The first-order valence-corrected chi connectivity index (χ1v) is 10.8. The van der Waals surface area contributed by atoms with Crippen LogP contribution in [0.1, 0.15) is 45.1 Å². The van der Waals surface area contributed by atoms with Gasteiger partial charge in [0, 0.05) is 19.1 Å². The molecule has 1 unspecified atom stereocenters. The number of likely N-dealkylation sites (N-methyl/N-ethyl adjacent to an activating group) is 1. The third-order valence-electron chi connectivity index (χ3n) is 6.30. The Hall–Kier alpha value is -2.10. The Bertz CT molecular complexity index is 681. The number of carbonyl (C=O) groups is 2. The molecule has 0 aliphatic carbocycles. The van der Waals surface area contributed by atoms with Crippen LogP contribution in [-0.4, -0.2) is 78.4 Å². The lowest BCUT2D eigenvalue weighted by Crippen LogP contribution is -2.47. The van der Waals surface area contributed by atoms with Crippen molar-refractivity contribution in [1.29, 1.82) is 0 Å². The number of hydrogen-bond donors (Lipinski definition) is 2. The zero-order valence-electron chi connectivity index (χ0n) is 19.2. The third kappa shape index (κ3) is 9.18. The summed E-state index contributed by atoms with van der Waals surface area (Å²) < 4.78 is 32.7. The van der Waals surface area contributed by atoms with E-state index in [1.54, 1.807) is 6.07 Å². The number of piperidine rings is 1. The molecule has 2 saturated heterocycles. The molecular formula is C23H36F2N2O5. The van der Waals surface area contributed by atoms with Crippen LogP contribution in [0.5, 0.6) is 0 Å². The molecule has 2 aliphatic rings. The van der Waals surface area contributed by atoms with Crippen LogP contribution in [-0.2, 0) is 20.9 Å². The van der Waals surface area contributed by atoms with E-state index in [0.29, 0.717) is 24.1 Å². The van der Waals surface area contributed by atoms with Crippen LogP contribution in [0, 0.1) is 17.0 Å². The first kappa shape index (κ1) is 27.9. The first-order chi connectivity index (χ1) is 15.2. The van der Waals surface area contributed by atoms with E-state index in [1.807, 2.05) is 0 Å². The van der Waals surface area contributed by atoms with Crippen molar-refractivity contribution in [2.45, 2.75) is 58.2 Å². The molecule has 0 aromatic heterocycles. The molecule has 182 valence electrons. The van der Waals surface area contributed by atoms with Crippen LogP contribution in [0.25, 0.3) is 0 Å². The van der Waals surface area contributed by atoms with Crippen molar-refractivity contribution in [2.24, 2.45) is 5.41 Å². The number of halogens is 2. The summed E-state index contributed by atoms with van der Waals surface area (Å²) in [7, 11) is 2.16. The van der Waals surface area contributed by atoms with E-state index >= 15 is 0 Å². The van der Waals surface area contributed by atoms with Gasteiger partial charge in [0.05, 0.1) is 12.7 Å². The van der Waals surface area contributed by atoms with E-state index in [2.05, 4.69) is 30.7 Å². The number of rotatable bonds is 5. The Kier molecular flexibility index (Phi) is 12.3. The van der Waals surface area contributed by atoms with E-state index in [-0.39, 0.29) is 12.9 Å². The number of ether oxygens (including phenoxy) is 1. The van der Waals surface area contributed by atoms with Gasteiger partial charge < -0.3 is 19.8 Å². The summed E-state index contributed by atoms with van der Waals surface area (Å²) in [5, 5.41) is 13.8. The maximum absolute atomic E-state index is 13.4. The molecule has 1 aromatic carbocycles. The number of nitrogens with zero attached hydrogens (tertiary/aromatic N) is 2. The normalized spacial score (nSPS) is 20.2. The topological polar surface area (TPSA) is 90.3 Å².